The molecular weight excluding hydrogens is 330 g/mol. The molecule has 0 saturated heterocycles. The molecule has 2 aromatic heterocycles. The Morgan fingerprint density at radius 3 is 2.96 bits per heavy atom. The molecule has 2 heterocycles. The molecule has 0 unspecified atom stereocenters. The third kappa shape index (κ3) is 3.05. The van der Waals surface area contributed by atoms with Gasteiger partial charge in [0.25, 0.3) is 0 Å². The Morgan fingerprint density at radius 1 is 1.23 bits per heavy atom. The van der Waals surface area contributed by atoms with Gasteiger partial charge in [0.2, 0.25) is 0 Å². The number of aryl methyl sites for hydroxylation is 2. The Kier molecular flexibility index (Phi) is 4.60. The maximum absolute atomic E-state index is 13.0. The third-order valence-electron chi connectivity index (χ3n) is 4.75. The number of ether oxygens (including phenoxy) is 1. The molecule has 0 atom stereocenters. The first kappa shape index (κ1) is 16.6. The van der Waals surface area contributed by atoms with Gasteiger partial charge < -0.3 is 4.74 Å². The highest BCUT2D eigenvalue weighted by atomic mass is 16.5. The number of esters is 1. The summed E-state index contributed by atoms with van der Waals surface area (Å²) in [5.74, 6) is 0.236. The third-order valence-corrected chi connectivity index (χ3v) is 4.75. The molecular formula is C19H21N5O2. The van der Waals surface area contributed by atoms with E-state index in [2.05, 4.69) is 15.5 Å². The van der Waals surface area contributed by atoms with Crippen molar-refractivity contribution >= 4 is 16.9 Å². The number of rotatable bonds is 5. The SMILES string of the molecule is CCCn1nnnc1COC(=O)c1c2c(nc3ccccc13)CCCC2. The van der Waals surface area contributed by atoms with Gasteiger partial charge in [-0.15, -0.1) is 5.10 Å². The van der Waals surface area contributed by atoms with Gasteiger partial charge in [-0.3, -0.25) is 4.98 Å². The second kappa shape index (κ2) is 7.19. The average molecular weight is 351 g/mol. The lowest BCUT2D eigenvalue weighted by Gasteiger charge is -2.19. The van der Waals surface area contributed by atoms with E-state index in [4.69, 9.17) is 9.72 Å². The van der Waals surface area contributed by atoms with E-state index in [0.29, 0.717) is 17.9 Å². The van der Waals surface area contributed by atoms with Gasteiger partial charge in [-0.1, -0.05) is 25.1 Å². The van der Waals surface area contributed by atoms with Crippen LogP contribution in [0.25, 0.3) is 10.9 Å². The van der Waals surface area contributed by atoms with Gasteiger partial charge in [0.1, 0.15) is 0 Å². The first-order valence-electron chi connectivity index (χ1n) is 9.10. The molecule has 0 amide bonds. The van der Waals surface area contributed by atoms with Crippen LogP contribution in [0.2, 0.25) is 0 Å². The van der Waals surface area contributed by atoms with Crippen molar-refractivity contribution in [1.82, 2.24) is 25.2 Å². The molecule has 0 N–H and O–H groups in total. The first-order valence-corrected chi connectivity index (χ1v) is 9.10. The number of pyridine rings is 1. The molecule has 0 saturated carbocycles. The van der Waals surface area contributed by atoms with Crippen LogP contribution >= 0.6 is 0 Å². The number of carbonyl (C=O) groups is 1. The van der Waals surface area contributed by atoms with E-state index in [-0.39, 0.29) is 12.6 Å². The van der Waals surface area contributed by atoms with Crippen molar-refractivity contribution in [1.29, 1.82) is 0 Å². The van der Waals surface area contributed by atoms with Crippen molar-refractivity contribution in [2.45, 2.75) is 52.2 Å². The molecule has 0 bridgehead atoms. The second-order valence-corrected chi connectivity index (χ2v) is 6.53. The molecule has 134 valence electrons. The summed E-state index contributed by atoms with van der Waals surface area (Å²) in [5, 5.41) is 12.4. The van der Waals surface area contributed by atoms with Crippen LogP contribution in [-0.4, -0.2) is 31.2 Å². The number of hydrogen-bond acceptors (Lipinski definition) is 6. The number of hydrogen-bond donors (Lipinski definition) is 0. The summed E-state index contributed by atoms with van der Waals surface area (Å²) in [5.41, 5.74) is 3.56. The van der Waals surface area contributed by atoms with Gasteiger partial charge in [0, 0.05) is 17.6 Å². The summed E-state index contributed by atoms with van der Waals surface area (Å²) in [6.45, 7) is 2.82. The maximum Gasteiger partial charge on any atom is 0.339 e. The summed E-state index contributed by atoms with van der Waals surface area (Å²) in [4.78, 5) is 17.7. The van der Waals surface area contributed by atoms with Crippen molar-refractivity contribution < 1.29 is 9.53 Å². The van der Waals surface area contributed by atoms with Gasteiger partial charge in [0.05, 0.1) is 11.1 Å². The van der Waals surface area contributed by atoms with Gasteiger partial charge in [-0.2, -0.15) is 0 Å². The number of carbonyl (C=O) groups excluding carboxylic acids is 1. The Bertz CT molecular complexity index is 950. The van der Waals surface area contributed by atoms with Gasteiger partial charge in [-0.05, 0) is 54.2 Å². The van der Waals surface area contributed by atoms with E-state index in [0.717, 1.165) is 54.3 Å². The summed E-state index contributed by atoms with van der Waals surface area (Å²) >= 11 is 0. The zero-order valence-electron chi connectivity index (χ0n) is 14.8. The molecule has 7 heteroatoms. The van der Waals surface area contributed by atoms with Crippen LogP contribution in [0.5, 0.6) is 0 Å². The predicted molar refractivity (Wildman–Crippen MR) is 95.6 cm³/mol. The minimum Gasteiger partial charge on any atom is -0.454 e. The molecule has 7 nitrogen and oxygen atoms in total. The summed E-state index contributed by atoms with van der Waals surface area (Å²) in [7, 11) is 0. The lowest BCUT2D eigenvalue weighted by Crippen LogP contribution is -2.16. The van der Waals surface area contributed by atoms with Crippen LogP contribution < -0.4 is 0 Å². The highest BCUT2D eigenvalue weighted by Gasteiger charge is 2.24. The van der Waals surface area contributed by atoms with Crippen LogP contribution in [-0.2, 0) is 30.7 Å². The van der Waals surface area contributed by atoms with Crippen molar-refractivity contribution in [3.8, 4) is 0 Å². The average Bonchev–Trinajstić information content (AvgIpc) is 3.11. The van der Waals surface area contributed by atoms with Crippen LogP contribution in [0, 0.1) is 0 Å². The lowest BCUT2D eigenvalue weighted by molar-refractivity contribution is 0.0457. The predicted octanol–water partition coefficient (Wildman–Crippen LogP) is 2.87. The van der Waals surface area contributed by atoms with Crippen LogP contribution in [0.1, 0.15) is 53.6 Å². The number of aromatic nitrogens is 5. The highest BCUT2D eigenvalue weighted by Crippen LogP contribution is 2.29. The monoisotopic (exact) mass is 351 g/mol. The fourth-order valence-corrected chi connectivity index (χ4v) is 3.52. The molecule has 4 rings (SSSR count). The second-order valence-electron chi connectivity index (χ2n) is 6.53. The first-order chi connectivity index (χ1) is 12.8. The largest absolute Gasteiger partial charge is 0.454 e. The lowest BCUT2D eigenvalue weighted by atomic mass is 9.90. The van der Waals surface area contributed by atoms with Crippen molar-refractivity contribution in [2.75, 3.05) is 0 Å². The molecule has 1 aromatic carbocycles. The van der Waals surface area contributed by atoms with Crippen molar-refractivity contribution in [2.24, 2.45) is 0 Å². The van der Waals surface area contributed by atoms with Crippen molar-refractivity contribution in [3.05, 3.63) is 46.9 Å². The molecule has 26 heavy (non-hydrogen) atoms. The zero-order chi connectivity index (χ0) is 17.9. The van der Waals surface area contributed by atoms with E-state index in [1.54, 1.807) is 4.68 Å². The number of para-hydroxylation sites is 1. The number of fused-ring (bicyclic) bond motifs is 2. The van der Waals surface area contributed by atoms with Crippen LogP contribution in [0.4, 0.5) is 0 Å². The smallest absolute Gasteiger partial charge is 0.339 e. The van der Waals surface area contributed by atoms with Gasteiger partial charge >= 0.3 is 5.97 Å². The van der Waals surface area contributed by atoms with Gasteiger partial charge in [0.15, 0.2) is 12.4 Å². The normalized spacial score (nSPS) is 13.6. The standard InChI is InChI=1S/C19H21N5O2/c1-2-11-24-17(21-22-23-24)12-26-19(25)18-13-7-3-5-9-15(13)20-16-10-6-4-8-14(16)18/h3,5,7,9H,2,4,6,8,10-12H2,1H3. The van der Waals surface area contributed by atoms with E-state index < -0.39 is 0 Å². The van der Waals surface area contributed by atoms with E-state index >= 15 is 0 Å². The van der Waals surface area contributed by atoms with E-state index in [1.165, 1.54) is 0 Å². The molecule has 0 aliphatic heterocycles. The highest BCUT2D eigenvalue weighted by molar-refractivity contribution is 6.05. The summed E-state index contributed by atoms with van der Waals surface area (Å²) in [6, 6.07) is 7.76. The van der Waals surface area contributed by atoms with Crippen molar-refractivity contribution in [3.63, 3.8) is 0 Å². The Morgan fingerprint density at radius 2 is 2.08 bits per heavy atom. The Labute approximate surface area is 151 Å². The number of nitrogens with zero attached hydrogens (tertiary/aromatic N) is 5. The maximum atomic E-state index is 13.0. The quantitative estimate of drug-likeness (QED) is 0.657. The van der Waals surface area contributed by atoms with E-state index in [1.807, 2.05) is 31.2 Å². The number of tetrazole rings is 1. The topological polar surface area (TPSA) is 82.8 Å². The van der Waals surface area contributed by atoms with Gasteiger partial charge in [-0.25, -0.2) is 9.48 Å². The molecule has 1 aliphatic carbocycles. The Hall–Kier alpha value is -2.83. The Balaban J connectivity index is 1.67. The van der Waals surface area contributed by atoms with Crippen LogP contribution in [0.3, 0.4) is 0 Å². The zero-order valence-corrected chi connectivity index (χ0v) is 14.8. The fourth-order valence-electron chi connectivity index (χ4n) is 3.52. The van der Waals surface area contributed by atoms with Crippen LogP contribution in [0.15, 0.2) is 24.3 Å². The fraction of sp³-hybridized carbons (Fsp3) is 0.421. The molecule has 0 radical (unpaired) electrons. The molecule has 1 aliphatic rings. The van der Waals surface area contributed by atoms with E-state index in [9.17, 15) is 4.79 Å². The molecule has 0 fully saturated rings. The minimum atomic E-state index is -0.326. The minimum absolute atomic E-state index is 0.0667. The summed E-state index contributed by atoms with van der Waals surface area (Å²) < 4.78 is 7.28. The summed E-state index contributed by atoms with van der Waals surface area (Å²) in [6.07, 6.45) is 4.87. The molecule has 0 spiro atoms. The molecule has 3 aromatic rings. The number of benzene rings is 1.